The molecule has 0 radical (unpaired) electrons. The molecule has 18 heavy (non-hydrogen) atoms. The van der Waals surface area contributed by atoms with E-state index in [1.807, 2.05) is 0 Å². The van der Waals surface area contributed by atoms with E-state index in [0.29, 0.717) is 18.9 Å². The summed E-state index contributed by atoms with van der Waals surface area (Å²) >= 11 is 0. The highest BCUT2D eigenvalue weighted by Gasteiger charge is 2.12. The topological polar surface area (TPSA) is 64.4 Å². The number of nitrogens with two attached hydrogens (primary N) is 1. The zero-order valence-corrected chi connectivity index (χ0v) is 12.7. The van der Waals surface area contributed by atoms with Gasteiger partial charge in [0.25, 0.3) is 0 Å². The molecule has 0 aromatic carbocycles. The molecule has 0 rings (SSSR count). The van der Waals surface area contributed by atoms with Gasteiger partial charge < -0.3 is 15.8 Å². The van der Waals surface area contributed by atoms with Gasteiger partial charge >= 0.3 is 0 Å². The zero-order valence-electron chi connectivity index (χ0n) is 11.9. The molecule has 0 saturated heterocycles. The highest BCUT2D eigenvalue weighted by molar-refractivity contribution is 5.85. The summed E-state index contributed by atoms with van der Waals surface area (Å²) < 4.78 is 5.08. The summed E-state index contributed by atoms with van der Waals surface area (Å²) in [6, 6.07) is 0. The molecule has 0 aliphatic rings. The molecule has 4 nitrogen and oxygen atoms in total. The molecular weight excluding hydrogens is 252 g/mol. The van der Waals surface area contributed by atoms with E-state index in [0.717, 1.165) is 13.0 Å². The first-order valence-electron chi connectivity index (χ1n) is 6.67. The van der Waals surface area contributed by atoms with Crippen LogP contribution in [0.1, 0.15) is 46.0 Å². The third kappa shape index (κ3) is 9.68. The Hall–Kier alpha value is -0.320. The van der Waals surface area contributed by atoms with Crippen molar-refractivity contribution in [3.05, 3.63) is 0 Å². The quantitative estimate of drug-likeness (QED) is 0.644. The smallest absolute Gasteiger partial charge is 0.222 e. The fourth-order valence-corrected chi connectivity index (χ4v) is 1.74. The zero-order chi connectivity index (χ0) is 13.1. The third-order valence-electron chi connectivity index (χ3n) is 3.14. The fraction of sp³-hybridized carbons (Fsp3) is 0.923. The Morgan fingerprint density at radius 1 is 1.39 bits per heavy atom. The van der Waals surface area contributed by atoms with Gasteiger partial charge in [-0.15, -0.1) is 12.4 Å². The van der Waals surface area contributed by atoms with Gasteiger partial charge in [0.1, 0.15) is 0 Å². The average molecular weight is 281 g/mol. The summed E-state index contributed by atoms with van der Waals surface area (Å²) in [6.45, 7) is 5.52. The lowest BCUT2D eigenvalue weighted by Crippen LogP contribution is -2.34. The summed E-state index contributed by atoms with van der Waals surface area (Å²) in [4.78, 5) is 11.6. The van der Waals surface area contributed by atoms with Gasteiger partial charge in [-0.2, -0.15) is 0 Å². The van der Waals surface area contributed by atoms with Crippen molar-refractivity contribution in [3.8, 4) is 0 Å². The Balaban J connectivity index is 0. The summed E-state index contributed by atoms with van der Waals surface area (Å²) in [7, 11) is 1.58. The monoisotopic (exact) mass is 280 g/mol. The number of unbranched alkanes of at least 4 members (excludes halogenated alkanes) is 1. The first kappa shape index (κ1) is 20.0. The normalized spacial score (nSPS) is 13.6. The van der Waals surface area contributed by atoms with Crippen molar-refractivity contribution >= 4 is 18.3 Å². The molecule has 0 aromatic heterocycles. The molecule has 2 unspecified atom stereocenters. The molecule has 0 fully saturated rings. The van der Waals surface area contributed by atoms with Crippen LogP contribution in [-0.4, -0.2) is 32.2 Å². The van der Waals surface area contributed by atoms with Crippen molar-refractivity contribution in [1.29, 1.82) is 0 Å². The number of ether oxygens (including phenoxy) is 1. The van der Waals surface area contributed by atoms with Crippen LogP contribution in [0.25, 0.3) is 0 Å². The predicted molar refractivity (Wildman–Crippen MR) is 78.0 cm³/mol. The number of halogens is 1. The minimum absolute atomic E-state index is 0. The molecule has 2 atom stereocenters. The van der Waals surface area contributed by atoms with Gasteiger partial charge in [-0.05, 0) is 12.3 Å². The van der Waals surface area contributed by atoms with E-state index in [2.05, 4.69) is 19.2 Å². The van der Waals surface area contributed by atoms with Crippen LogP contribution in [0.3, 0.4) is 0 Å². The Kier molecular flexibility index (Phi) is 14.6. The summed E-state index contributed by atoms with van der Waals surface area (Å²) in [6.07, 6.45) is 4.95. The molecule has 3 N–H and O–H groups in total. The Labute approximate surface area is 117 Å². The lowest BCUT2D eigenvalue weighted by atomic mass is 9.99. The second kappa shape index (κ2) is 13.1. The molecule has 0 aliphatic heterocycles. The summed E-state index contributed by atoms with van der Waals surface area (Å²) in [5, 5.41) is 2.97. The SMILES string of the molecule is CCCCC(CC)CNC(=O)CC(CN)OC.Cl. The van der Waals surface area contributed by atoms with Crippen molar-refractivity contribution in [2.24, 2.45) is 11.7 Å². The first-order chi connectivity index (χ1) is 8.17. The van der Waals surface area contributed by atoms with Crippen LogP contribution in [0.2, 0.25) is 0 Å². The van der Waals surface area contributed by atoms with Gasteiger partial charge in [0.15, 0.2) is 0 Å². The number of rotatable bonds is 10. The number of amides is 1. The molecule has 0 heterocycles. The molecule has 0 saturated carbocycles. The van der Waals surface area contributed by atoms with Gasteiger partial charge in [0.05, 0.1) is 12.5 Å². The van der Waals surface area contributed by atoms with Gasteiger partial charge in [-0.25, -0.2) is 0 Å². The van der Waals surface area contributed by atoms with E-state index < -0.39 is 0 Å². The second-order valence-corrected chi connectivity index (χ2v) is 4.52. The molecule has 0 aromatic rings. The summed E-state index contributed by atoms with van der Waals surface area (Å²) in [5.41, 5.74) is 5.47. The standard InChI is InChI=1S/C13H28N2O2.ClH/c1-4-6-7-11(5-2)10-15-13(16)8-12(9-14)17-3;/h11-12H,4-10,14H2,1-3H3,(H,15,16);1H. The Bertz CT molecular complexity index is 199. The van der Waals surface area contributed by atoms with Gasteiger partial charge in [-0.1, -0.05) is 33.1 Å². The van der Waals surface area contributed by atoms with E-state index in [1.54, 1.807) is 7.11 Å². The van der Waals surface area contributed by atoms with Gasteiger partial charge in [0, 0.05) is 20.2 Å². The van der Waals surface area contributed by atoms with Crippen molar-refractivity contribution in [2.45, 2.75) is 52.1 Å². The van der Waals surface area contributed by atoms with Crippen LogP contribution in [0.15, 0.2) is 0 Å². The second-order valence-electron chi connectivity index (χ2n) is 4.52. The molecule has 0 spiro atoms. The third-order valence-corrected chi connectivity index (χ3v) is 3.14. The maximum absolute atomic E-state index is 11.6. The molecule has 1 amide bonds. The van der Waals surface area contributed by atoms with Crippen LogP contribution >= 0.6 is 12.4 Å². The van der Waals surface area contributed by atoms with Crippen LogP contribution in [0.5, 0.6) is 0 Å². The minimum atomic E-state index is -0.161. The van der Waals surface area contributed by atoms with Crippen LogP contribution < -0.4 is 11.1 Å². The Morgan fingerprint density at radius 3 is 2.50 bits per heavy atom. The highest BCUT2D eigenvalue weighted by Crippen LogP contribution is 2.11. The largest absolute Gasteiger partial charge is 0.380 e. The number of carbonyl (C=O) groups is 1. The van der Waals surface area contributed by atoms with E-state index in [-0.39, 0.29) is 24.4 Å². The number of nitrogens with one attached hydrogen (secondary N) is 1. The van der Waals surface area contributed by atoms with Crippen LogP contribution in [0, 0.1) is 5.92 Å². The van der Waals surface area contributed by atoms with Crippen molar-refractivity contribution in [2.75, 3.05) is 20.2 Å². The number of methoxy groups -OCH3 is 1. The maximum Gasteiger partial charge on any atom is 0.222 e. The van der Waals surface area contributed by atoms with E-state index >= 15 is 0 Å². The van der Waals surface area contributed by atoms with Crippen molar-refractivity contribution in [3.63, 3.8) is 0 Å². The summed E-state index contributed by atoms with van der Waals surface area (Å²) in [5.74, 6) is 0.634. The Morgan fingerprint density at radius 2 is 2.06 bits per heavy atom. The lowest BCUT2D eigenvalue weighted by Gasteiger charge is -2.17. The number of hydrogen-bond acceptors (Lipinski definition) is 3. The fourth-order valence-electron chi connectivity index (χ4n) is 1.74. The lowest BCUT2D eigenvalue weighted by molar-refractivity contribution is -0.123. The van der Waals surface area contributed by atoms with E-state index in [9.17, 15) is 4.79 Å². The first-order valence-corrected chi connectivity index (χ1v) is 6.67. The predicted octanol–water partition coefficient (Wildman–Crippen LogP) is 2.10. The molecule has 5 heteroatoms. The van der Waals surface area contributed by atoms with Crippen LogP contribution in [-0.2, 0) is 9.53 Å². The van der Waals surface area contributed by atoms with E-state index in [4.69, 9.17) is 10.5 Å². The highest BCUT2D eigenvalue weighted by atomic mass is 35.5. The van der Waals surface area contributed by atoms with E-state index in [1.165, 1.54) is 19.3 Å². The van der Waals surface area contributed by atoms with Crippen LogP contribution in [0.4, 0.5) is 0 Å². The number of hydrogen-bond donors (Lipinski definition) is 2. The molecule has 0 aliphatic carbocycles. The maximum atomic E-state index is 11.6. The average Bonchev–Trinajstić information content (AvgIpc) is 2.36. The number of carbonyl (C=O) groups excluding carboxylic acids is 1. The van der Waals surface area contributed by atoms with Gasteiger partial charge in [-0.3, -0.25) is 4.79 Å². The molecular formula is C13H29ClN2O2. The molecule has 110 valence electrons. The molecule has 0 bridgehead atoms. The van der Waals surface area contributed by atoms with Crippen molar-refractivity contribution in [1.82, 2.24) is 5.32 Å². The minimum Gasteiger partial charge on any atom is -0.380 e. The van der Waals surface area contributed by atoms with Crippen molar-refractivity contribution < 1.29 is 9.53 Å². The van der Waals surface area contributed by atoms with Gasteiger partial charge in [0.2, 0.25) is 5.91 Å².